The van der Waals surface area contributed by atoms with E-state index < -0.39 is 0 Å². The molecule has 81 valence electrons. The molecule has 0 N–H and O–H groups in total. The lowest BCUT2D eigenvalue weighted by atomic mass is 9.73. The number of hydrogen-bond donors (Lipinski definition) is 0. The van der Waals surface area contributed by atoms with Crippen molar-refractivity contribution in [3.63, 3.8) is 0 Å². The first-order valence-electron chi connectivity index (χ1n) is 5.71. The molecule has 1 aliphatic carbocycles. The molecule has 0 spiro atoms. The number of carbonyl (C=O) groups excluding carboxylic acids is 1. The first-order valence-corrected chi connectivity index (χ1v) is 5.71. The molecule has 0 bridgehead atoms. The second-order valence-corrected chi connectivity index (χ2v) is 4.71. The minimum atomic E-state index is 0.0926. The average molecular weight is 197 g/mol. The third-order valence-corrected chi connectivity index (χ3v) is 3.58. The fourth-order valence-electron chi connectivity index (χ4n) is 2.78. The second kappa shape index (κ2) is 5.38. The van der Waals surface area contributed by atoms with Crippen molar-refractivity contribution in [3.8, 4) is 0 Å². The summed E-state index contributed by atoms with van der Waals surface area (Å²) < 4.78 is 5.03. The zero-order valence-corrected chi connectivity index (χ0v) is 9.45. The summed E-state index contributed by atoms with van der Waals surface area (Å²) in [6, 6.07) is 0. The molecule has 0 aromatic rings. The molecule has 1 rings (SSSR count). The molecular formula is C12H21O2. The highest BCUT2D eigenvalue weighted by atomic mass is 16.5. The predicted octanol–water partition coefficient (Wildman–Crippen LogP) is 2.92. The van der Waals surface area contributed by atoms with Gasteiger partial charge in [-0.2, -0.15) is 0 Å². The summed E-state index contributed by atoms with van der Waals surface area (Å²) in [5.74, 6) is 2.06. The van der Waals surface area contributed by atoms with E-state index in [9.17, 15) is 4.79 Å². The highest BCUT2D eigenvalue weighted by molar-refractivity contribution is 5.38. The summed E-state index contributed by atoms with van der Waals surface area (Å²) in [6.45, 7) is 8.25. The lowest BCUT2D eigenvalue weighted by Gasteiger charge is -2.36. The Morgan fingerprint density at radius 2 is 2.14 bits per heavy atom. The van der Waals surface area contributed by atoms with Gasteiger partial charge in [-0.1, -0.05) is 27.2 Å². The van der Waals surface area contributed by atoms with Crippen LogP contribution >= 0.6 is 0 Å². The Morgan fingerprint density at radius 3 is 2.64 bits per heavy atom. The first-order chi connectivity index (χ1) is 6.69. The molecule has 0 amide bonds. The zero-order chi connectivity index (χ0) is 10.6. The Hall–Kier alpha value is -0.530. The van der Waals surface area contributed by atoms with Crippen LogP contribution in [0, 0.1) is 17.8 Å². The minimum absolute atomic E-state index is 0.0926. The average Bonchev–Trinajstić information content (AvgIpc) is 2.15. The molecule has 0 aromatic carbocycles. The van der Waals surface area contributed by atoms with Crippen LogP contribution in [-0.4, -0.2) is 12.6 Å². The van der Waals surface area contributed by atoms with Crippen molar-refractivity contribution in [3.05, 3.63) is 0 Å². The van der Waals surface area contributed by atoms with E-state index in [1.165, 1.54) is 19.3 Å². The van der Waals surface area contributed by atoms with Gasteiger partial charge in [0.15, 0.2) is 0 Å². The quantitative estimate of drug-likeness (QED) is 0.692. The van der Waals surface area contributed by atoms with Gasteiger partial charge in [-0.05, 0) is 37.0 Å². The lowest BCUT2D eigenvalue weighted by molar-refractivity contribution is 0.0463. The summed E-state index contributed by atoms with van der Waals surface area (Å²) in [4.78, 5) is 10.2. The molecule has 0 aromatic heterocycles. The van der Waals surface area contributed by atoms with Gasteiger partial charge >= 0.3 is 6.47 Å². The molecule has 4 atom stereocenters. The maximum Gasteiger partial charge on any atom is 0.417 e. The lowest BCUT2D eigenvalue weighted by Crippen LogP contribution is -2.32. The third-order valence-electron chi connectivity index (χ3n) is 3.58. The molecule has 1 radical (unpaired) electrons. The van der Waals surface area contributed by atoms with Crippen LogP contribution in [0.1, 0.15) is 46.5 Å². The Balaban J connectivity index is 2.52. The Labute approximate surface area is 87.0 Å². The van der Waals surface area contributed by atoms with Crippen LogP contribution in [0.15, 0.2) is 0 Å². The van der Waals surface area contributed by atoms with E-state index in [0.717, 1.165) is 12.3 Å². The van der Waals surface area contributed by atoms with Crippen LogP contribution < -0.4 is 0 Å². The summed E-state index contributed by atoms with van der Waals surface area (Å²) in [6.07, 6.45) is 4.74. The number of hydrogen-bond acceptors (Lipinski definition) is 2. The maximum absolute atomic E-state index is 10.2. The van der Waals surface area contributed by atoms with E-state index in [0.29, 0.717) is 11.8 Å². The molecule has 1 aliphatic rings. The SMILES string of the molecule is CCC(O[C]=O)C1CCC(C)CC1C. The second-order valence-electron chi connectivity index (χ2n) is 4.71. The van der Waals surface area contributed by atoms with Crippen LogP contribution in [0.3, 0.4) is 0 Å². The van der Waals surface area contributed by atoms with Gasteiger partial charge in [0.05, 0.1) is 0 Å². The van der Waals surface area contributed by atoms with E-state index in [2.05, 4.69) is 20.8 Å². The van der Waals surface area contributed by atoms with Crippen molar-refractivity contribution in [1.29, 1.82) is 0 Å². The first kappa shape index (κ1) is 11.5. The van der Waals surface area contributed by atoms with Gasteiger partial charge in [0.1, 0.15) is 6.10 Å². The van der Waals surface area contributed by atoms with Crippen LogP contribution in [0.4, 0.5) is 0 Å². The predicted molar refractivity (Wildman–Crippen MR) is 56.5 cm³/mol. The molecular weight excluding hydrogens is 176 g/mol. The standard InChI is InChI=1S/C12H21O2/c1-4-12(14-8-13)11-6-5-9(2)7-10(11)3/h9-12H,4-7H2,1-3H3. The van der Waals surface area contributed by atoms with E-state index in [1.807, 2.05) is 0 Å². The highest BCUT2D eigenvalue weighted by Gasteiger charge is 2.31. The van der Waals surface area contributed by atoms with Crippen molar-refractivity contribution in [2.45, 2.75) is 52.6 Å². The Kier molecular flexibility index (Phi) is 4.43. The maximum atomic E-state index is 10.2. The molecule has 2 nitrogen and oxygen atoms in total. The van der Waals surface area contributed by atoms with Crippen molar-refractivity contribution in [1.82, 2.24) is 0 Å². The molecule has 2 heteroatoms. The Morgan fingerprint density at radius 1 is 1.43 bits per heavy atom. The summed E-state index contributed by atoms with van der Waals surface area (Å²) in [7, 11) is 0. The molecule has 4 unspecified atom stereocenters. The van der Waals surface area contributed by atoms with Crippen molar-refractivity contribution < 1.29 is 9.53 Å². The minimum Gasteiger partial charge on any atom is -0.454 e. The molecule has 0 aliphatic heterocycles. The van der Waals surface area contributed by atoms with Crippen LogP contribution in [0.5, 0.6) is 0 Å². The van der Waals surface area contributed by atoms with Crippen LogP contribution in [0.2, 0.25) is 0 Å². The monoisotopic (exact) mass is 197 g/mol. The van der Waals surface area contributed by atoms with E-state index in [4.69, 9.17) is 4.74 Å². The van der Waals surface area contributed by atoms with Gasteiger partial charge in [-0.15, -0.1) is 0 Å². The van der Waals surface area contributed by atoms with Gasteiger partial charge in [0.2, 0.25) is 0 Å². The van der Waals surface area contributed by atoms with Gasteiger partial charge in [0, 0.05) is 0 Å². The third kappa shape index (κ3) is 2.73. The van der Waals surface area contributed by atoms with Crippen molar-refractivity contribution >= 4 is 6.47 Å². The van der Waals surface area contributed by atoms with Crippen molar-refractivity contribution in [2.24, 2.45) is 17.8 Å². The van der Waals surface area contributed by atoms with Gasteiger partial charge < -0.3 is 4.74 Å². The Bertz CT molecular complexity index is 179. The molecule has 1 saturated carbocycles. The topological polar surface area (TPSA) is 26.3 Å². The van der Waals surface area contributed by atoms with E-state index >= 15 is 0 Å². The van der Waals surface area contributed by atoms with Crippen molar-refractivity contribution in [2.75, 3.05) is 0 Å². The fraction of sp³-hybridized carbons (Fsp3) is 0.917. The van der Waals surface area contributed by atoms with Crippen LogP contribution in [0.25, 0.3) is 0 Å². The van der Waals surface area contributed by atoms with Gasteiger partial charge in [-0.25, -0.2) is 4.79 Å². The molecule has 0 saturated heterocycles. The normalized spacial score (nSPS) is 34.9. The van der Waals surface area contributed by atoms with Gasteiger partial charge in [0.25, 0.3) is 0 Å². The van der Waals surface area contributed by atoms with Crippen LogP contribution in [-0.2, 0) is 9.53 Å². The summed E-state index contributed by atoms with van der Waals surface area (Å²) >= 11 is 0. The highest BCUT2D eigenvalue weighted by Crippen LogP contribution is 2.36. The van der Waals surface area contributed by atoms with E-state index in [1.54, 1.807) is 6.47 Å². The number of rotatable bonds is 4. The smallest absolute Gasteiger partial charge is 0.417 e. The summed E-state index contributed by atoms with van der Waals surface area (Å²) in [5.41, 5.74) is 0. The zero-order valence-electron chi connectivity index (χ0n) is 9.45. The fourth-order valence-corrected chi connectivity index (χ4v) is 2.78. The molecule has 1 fully saturated rings. The number of ether oxygens (including phenoxy) is 1. The van der Waals surface area contributed by atoms with E-state index in [-0.39, 0.29) is 6.10 Å². The molecule has 14 heavy (non-hydrogen) atoms. The van der Waals surface area contributed by atoms with Gasteiger partial charge in [-0.3, -0.25) is 0 Å². The molecule has 0 heterocycles. The largest absolute Gasteiger partial charge is 0.454 e. The summed E-state index contributed by atoms with van der Waals surface area (Å²) in [5, 5.41) is 0.